The number of nitrogens with one attached hydrogen (secondary N) is 1. The van der Waals surface area contributed by atoms with Crippen molar-refractivity contribution in [2.24, 2.45) is 5.92 Å². The third-order valence-corrected chi connectivity index (χ3v) is 6.26. The molecule has 0 bridgehead atoms. The fourth-order valence-corrected chi connectivity index (χ4v) is 4.52. The topological polar surface area (TPSA) is 84.8 Å². The third kappa shape index (κ3) is 5.01. The van der Waals surface area contributed by atoms with Crippen LogP contribution in [-0.4, -0.2) is 26.5 Å². The number of aromatic nitrogens is 3. The normalized spacial score (nSPS) is 15.1. The lowest BCUT2D eigenvalue weighted by Crippen LogP contribution is -2.21. The molecule has 0 amide bonds. The summed E-state index contributed by atoms with van der Waals surface area (Å²) in [7, 11) is 0. The number of thiazole rings is 1. The smallest absolute Gasteiger partial charge is 0.324 e. The van der Waals surface area contributed by atoms with Gasteiger partial charge in [0.2, 0.25) is 5.95 Å². The number of carbonyl (C=O) groups is 2. The van der Waals surface area contributed by atoms with Gasteiger partial charge in [-0.25, -0.2) is 15.0 Å². The fourth-order valence-electron chi connectivity index (χ4n) is 3.60. The molecule has 3 aromatic rings. The highest BCUT2D eigenvalue weighted by atomic mass is 32.1. The summed E-state index contributed by atoms with van der Waals surface area (Å²) >= 11 is 1.26. The van der Waals surface area contributed by atoms with Gasteiger partial charge in [-0.05, 0) is 49.1 Å². The van der Waals surface area contributed by atoms with Gasteiger partial charge in [-0.2, -0.15) is 13.2 Å². The lowest BCUT2D eigenvalue weighted by molar-refractivity contribution is -0.141. The minimum atomic E-state index is -4.56. The first-order valence-corrected chi connectivity index (χ1v) is 10.8. The van der Waals surface area contributed by atoms with Gasteiger partial charge in [0.05, 0.1) is 4.88 Å². The van der Waals surface area contributed by atoms with Crippen molar-refractivity contribution in [1.29, 1.82) is 0 Å². The zero-order valence-electron chi connectivity index (χ0n) is 17.1. The molecule has 0 aliphatic heterocycles. The maximum atomic E-state index is 12.9. The predicted molar refractivity (Wildman–Crippen MR) is 114 cm³/mol. The first-order valence-electron chi connectivity index (χ1n) is 10.00. The van der Waals surface area contributed by atoms with Gasteiger partial charge >= 0.3 is 6.18 Å². The van der Waals surface area contributed by atoms with Gasteiger partial charge < -0.3 is 5.32 Å². The van der Waals surface area contributed by atoms with Crippen LogP contribution in [0, 0.1) is 12.8 Å². The van der Waals surface area contributed by atoms with Gasteiger partial charge in [-0.1, -0.05) is 6.07 Å². The maximum absolute atomic E-state index is 12.9. The Kier molecular flexibility index (Phi) is 6.05. The Morgan fingerprint density at radius 2 is 1.91 bits per heavy atom. The minimum absolute atomic E-state index is 0.0443. The number of ketones is 2. The molecule has 1 saturated carbocycles. The molecule has 166 valence electrons. The quantitative estimate of drug-likeness (QED) is 0.498. The Labute approximate surface area is 185 Å². The van der Waals surface area contributed by atoms with E-state index in [0.29, 0.717) is 36.4 Å². The average Bonchev–Trinajstić information content (AvgIpc) is 3.23. The number of anilines is 2. The Hall–Kier alpha value is -3.14. The van der Waals surface area contributed by atoms with E-state index in [4.69, 9.17) is 0 Å². The van der Waals surface area contributed by atoms with Crippen LogP contribution in [0.5, 0.6) is 0 Å². The van der Waals surface area contributed by atoms with Crippen LogP contribution in [0.25, 0.3) is 10.4 Å². The van der Waals surface area contributed by atoms with Gasteiger partial charge in [0.25, 0.3) is 0 Å². The number of hydrogen-bond acceptors (Lipinski definition) is 7. The first-order chi connectivity index (χ1) is 15.2. The molecular formula is C22H19F3N4O2S. The van der Waals surface area contributed by atoms with E-state index in [1.165, 1.54) is 11.3 Å². The van der Waals surface area contributed by atoms with E-state index in [9.17, 15) is 22.8 Å². The Balaban J connectivity index is 1.55. The average molecular weight is 460 g/mol. The SMILES string of the molecule is Cc1cc(Nc2nccc(C(F)(F)F)n2)cc(-c2cnc(C(=O)C3CCC(=O)CC3)s2)c1. The number of halogens is 3. The molecule has 32 heavy (non-hydrogen) atoms. The fraction of sp³-hybridized carbons (Fsp3) is 0.318. The van der Waals surface area contributed by atoms with Gasteiger partial charge in [-0.3, -0.25) is 9.59 Å². The van der Waals surface area contributed by atoms with Crippen LogP contribution < -0.4 is 5.32 Å². The number of hydrogen-bond donors (Lipinski definition) is 1. The number of carbonyl (C=O) groups excluding carboxylic acids is 2. The molecule has 10 heteroatoms. The van der Waals surface area contributed by atoms with Crippen LogP contribution in [0.15, 0.2) is 36.7 Å². The Bertz CT molecular complexity index is 1170. The summed E-state index contributed by atoms with van der Waals surface area (Å²) in [6, 6.07) is 6.22. The summed E-state index contributed by atoms with van der Waals surface area (Å²) in [5, 5.41) is 3.22. The van der Waals surface area contributed by atoms with Crippen molar-refractivity contribution in [2.45, 2.75) is 38.8 Å². The second kappa shape index (κ2) is 8.78. The highest BCUT2D eigenvalue weighted by Gasteiger charge is 2.33. The molecule has 1 aromatic carbocycles. The molecule has 1 aliphatic carbocycles. The molecule has 0 atom stereocenters. The van der Waals surface area contributed by atoms with E-state index in [2.05, 4.69) is 20.3 Å². The van der Waals surface area contributed by atoms with Gasteiger partial charge in [0.15, 0.2) is 10.8 Å². The van der Waals surface area contributed by atoms with Crippen LogP contribution in [0.2, 0.25) is 0 Å². The van der Waals surface area contributed by atoms with Crippen molar-refractivity contribution in [2.75, 3.05) is 5.32 Å². The van der Waals surface area contributed by atoms with E-state index in [1.54, 1.807) is 18.3 Å². The van der Waals surface area contributed by atoms with Crippen LogP contribution in [-0.2, 0) is 11.0 Å². The monoisotopic (exact) mass is 460 g/mol. The lowest BCUT2D eigenvalue weighted by Gasteiger charge is -2.18. The summed E-state index contributed by atoms with van der Waals surface area (Å²) in [6.45, 7) is 1.85. The van der Waals surface area contributed by atoms with Crippen molar-refractivity contribution in [3.05, 3.63) is 52.9 Å². The summed E-state index contributed by atoms with van der Waals surface area (Å²) < 4.78 is 38.7. The predicted octanol–water partition coefficient (Wildman–Crippen LogP) is 5.61. The van der Waals surface area contributed by atoms with Crippen LogP contribution in [0.3, 0.4) is 0 Å². The second-order valence-electron chi connectivity index (χ2n) is 7.68. The molecule has 2 aromatic heterocycles. The second-order valence-corrected chi connectivity index (χ2v) is 8.71. The largest absolute Gasteiger partial charge is 0.433 e. The number of benzene rings is 1. The molecule has 1 N–H and O–H groups in total. The molecule has 4 rings (SSSR count). The molecule has 0 radical (unpaired) electrons. The molecule has 6 nitrogen and oxygen atoms in total. The molecule has 0 unspecified atom stereocenters. The van der Waals surface area contributed by atoms with Gasteiger partial charge in [-0.15, -0.1) is 11.3 Å². The van der Waals surface area contributed by atoms with Crippen LogP contribution >= 0.6 is 11.3 Å². The standard InChI is InChI=1S/C22H19F3N4O2S/c1-12-8-14(10-15(9-12)28-21-26-7-6-18(29-21)22(23,24)25)17-11-27-20(32-17)19(31)13-2-4-16(30)5-3-13/h6-11,13H,2-5H2,1H3,(H,26,28,29). The molecule has 1 aliphatic rings. The van der Waals surface area contributed by atoms with Gasteiger partial charge in [0, 0.05) is 36.8 Å². The zero-order valence-corrected chi connectivity index (χ0v) is 17.9. The maximum Gasteiger partial charge on any atom is 0.433 e. The molecule has 1 fully saturated rings. The zero-order chi connectivity index (χ0) is 22.9. The molecule has 2 heterocycles. The van der Waals surface area contributed by atoms with Crippen molar-refractivity contribution < 1.29 is 22.8 Å². The van der Waals surface area contributed by atoms with E-state index < -0.39 is 11.9 Å². The molecular weight excluding hydrogens is 441 g/mol. The van der Waals surface area contributed by atoms with E-state index in [-0.39, 0.29) is 23.4 Å². The van der Waals surface area contributed by atoms with E-state index in [1.807, 2.05) is 13.0 Å². The summed E-state index contributed by atoms with van der Waals surface area (Å²) in [6.07, 6.45) is 0.0802. The molecule has 0 saturated heterocycles. The number of aryl methyl sites for hydroxylation is 1. The Morgan fingerprint density at radius 1 is 1.16 bits per heavy atom. The van der Waals surface area contributed by atoms with E-state index in [0.717, 1.165) is 28.3 Å². The van der Waals surface area contributed by atoms with E-state index >= 15 is 0 Å². The number of alkyl halides is 3. The number of Topliss-reactive ketones (excluding diaryl/α,β-unsaturated/α-hetero) is 2. The van der Waals surface area contributed by atoms with Crippen molar-refractivity contribution in [3.63, 3.8) is 0 Å². The third-order valence-electron chi connectivity index (χ3n) is 5.19. The highest BCUT2D eigenvalue weighted by molar-refractivity contribution is 7.17. The lowest BCUT2D eigenvalue weighted by atomic mass is 9.86. The van der Waals surface area contributed by atoms with Crippen LogP contribution in [0.1, 0.15) is 46.7 Å². The number of rotatable bonds is 5. The first kappa shape index (κ1) is 22.1. The number of nitrogens with zero attached hydrogens (tertiary/aromatic N) is 3. The summed E-state index contributed by atoms with van der Waals surface area (Å²) in [5.74, 6) is -0.196. The summed E-state index contributed by atoms with van der Waals surface area (Å²) in [5.41, 5.74) is 1.13. The van der Waals surface area contributed by atoms with Crippen LogP contribution in [0.4, 0.5) is 24.8 Å². The summed E-state index contributed by atoms with van der Waals surface area (Å²) in [4.78, 5) is 36.6. The van der Waals surface area contributed by atoms with Crippen molar-refractivity contribution in [1.82, 2.24) is 15.0 Å². The molecule has 0 spiro atoms. The highest BCUT2D eigenvalue weighted by Crippen LogP contribution is 2.33. The van der Waals surface area contributed by atoms with Gasteiger partial charge in [0.1, 0.15) is 11.5 Å². The van der Waals surface area contributed by atoms with Crippen molar-refractivity contribution >= 4 is 34.5 Å². The Morgan fingerprint density at radius 3 is 2.62 bits per heavy atom. The minimum Gasteiger partial charge on any atom is -0.324 e. The van der Waals surface area contributed by atoms with Crippen molar-refractivity contribution in [3.8, 4) is 10.4 Å².